The van der Waals surface area contributed by atoms with Crippen molar-refractivity contribution in [2.75, 3.05) is 11.1 Å². The van der Waals surface area contributed by atoms with Gasteiger partial charge in [-0.25, -0.2) is 4.98 Å². The molecule has 1 unspecified atom stereocenters. The summed E-state index contributed by atoms with van der Waals surface area (Å²) in [4.78, 5) is 30.0. The number of benzene rings is 2. The summed E-state index contributed by atoms with van der Waals surface area (Å²) in [5.41, 5.74) is 1.24. The third-order valence-electron chi connectivity index (χ3n) is 5.28. The van der Waals surface area contributed by atoms with Gasteiger partial charge in [0, 0.05) is 6.54 Å². The molecule has 0 spiro atoms. The van der Waals surface area contributed by atoms with Crippen LogP contribution in [0.2, 0.25) is 5.02 Å². The molecule has 2 aromatic carbocycles. The van der Waals surface area contributed by atoms with Gasteiger partial charge in [0.1, 0.15) is 0 Å². The zero-order valence-electron chi connectivity index (χ0n) is 19.8. The molecule has 0 fully saturated rings. The molecule has 8 nitrogen and oxygen atoms in total. The summed E-state index contributed by atoms with van der Waals surface area (Å²) in [6, 6.07) is 14.2. The van der Waals surface area contributed by atoms with Crippen molar-refractivity contribution >= 4 is 61.9 Å². The Kier molecular flexibility index (Phi) is 8.40. The lowest BCUT2D eigenvalue weighted by atomic mass is 10.0. The number of nitrogens with one attached hydrogen (secondary N) is 2. The van der Waals surface area contributed by atoms with Gasteiger partial charge in [-0.3, -0.25) is 9.59 Å². The number of halogens is 1. The van der Waals surface area contributed by atoms with E-state index >= 15 is 0 Å². The molecular formula is C25H25ClN6O2S2. The lowest BCUT2D eigenvalue weighted by molar-refractivity contribution is -0.113. The van der Waals surface area contributed by atoms with Gasteiger partial charge in [-0.05, 0) is 30.2 Å². The quantitative estimate of drug-likeness (QED) is 0.201. The molecule has 2 heterocycles. The molecule has 1 atom stereocenters. The number of hydrogen-bond donors (Lipinski definition) is 2. The van der Waals surface area contributed by atoms with E-state index in [1.165, 1.54) is 23.1 Å². The van der Waals surface area contributed by atoms with Gasteiger partial charge < -0.3 is 15.2 Å². The molecule has 0 aliphatic rings. The molecule has 4 aromatic rings. The van der Waals surface area contributed by atoms with Crippen molar-refractivity contribution in [2.45, 2.75) is 31.6 Å². The maximum Gasteiger partial charge on any atom is 0.253 e. The number of allylic oxidation sites excluding steroid dienone is 1. The molecule has 0 aliphatic carbocycles. The van der Waals surface area contributed by atoms with Crippen LogP contribution in [0.5, 0.6) is 0 Å². The van der Waals surface area contributed by atoms with Crippen LogP contribution in [-0.2, 0) is 11.3 Å². The first-order valence-electron chi connectivity index (χ1n) is 11.2. The third-order valence-corrected chi connectivity index (χ3v) is 7.53. The first kappa shape index (κ1) is 25.9. The fourth-order valence-corrected chi connectivity index (χ4v) is 5.40. The lowest BCUT2D eigenvalue weighted by Gasteiger charge is -2.22. The topological polar surface area (TPSA) is 102 Å². The molecule has 2 aromatic heterocycles. The standard InChI is InChI=1S/C25H25ClN6O2S2/c1-4-13-32-22(21(15(2)3)29-23(34)16-9-5-6-10-17(16)26)30-31-25(32)35-14-20(33)28-24-27-18-11-7-8-12-19(18)36-24/h4-12,15,21H,1,13-14H2,2-3H3,(H,29,34)(H,27,28,33). The van der Waals surface area contributed by atoms with E-state index in [1.54, 1.807) is 30.3 Å². The average Bonchev–Trinajstić information content (AvgIpc) is 3.44. The van der Waals surface area contributed by atoms with Crippen LogP contribution in [0.3, 0.4) is 0 Å². The number of para-hydroxylation sites is 1. The van der Waals surface area contributed by atoms with Crippen LogP contribution in [0.15, 0.2) is 66.3 Å². The Morgan fingerprint density at radius 3 is 2.64 bits per heavy atom. The van der Waals surface area contributed by atoms with Gasteiger partial charge in [-0.1, -0.05) is 78.9 Å². The predicted octanol–water partition coefficient (Wildman–Crippen LogP) is 5.59. The van der Waals surface area contributed by atoms with E-state index < -0.39 is 6.04 Å². The summed E-state index contributed by atoms with van der Waals surface area (Å²) in [6.07, 6.45) is 1.73. The first-order chi connectivity index (χ1) is 17.4. The fraction of sp³-hybridized carbons (Fsp3) is 0.240. The summed E-state index contributed by atoms with van der Waals surface area (Å²) >= 11 is 8.90. The van der Waals surface area contributed by atoms with Crippen molar-refractivity contribution in [3.63, 3.8) is 0 Å². The monoisotopic (exact) mass is 540 g/mol. The lowest BCUT2D eigenvalue weighted by Crippen LogP contribution is -2.34. The molecule has 0 radical (unpaired) electrons. The Hall–Kier alpha value is -3.21. The Morgan fingerprint density at radius 2 is 1.92 bits per heavy atom. The minimum absolute atomic E-state index is 0.0180. The normalized spacial score (nSPS) is 12.0. The third kappa shape index (κ3) is 5.95. The zero-order valence-corrected chi connectivity index (χ0v) is 22.2. The second-order valence-corrected chi connectivity index (χ2v) is 10.6. The zero-order chi connectivity index (χ0) is 25.7. The fourth-order valence-electron chi connectivity index (χ4n) is 3.54. The van der Waals surface area contributed by atoms with Gasteiger partial charge >= 0.3 is 0 Å². The van der Waals surface area contributed by atoms with Gasteiger partial charge in [0.25, 0.3) is 5.91 Å². The molecule has 0 saturated heterocycles. The number of hydrogen-bond acceptors (Lipinski definition) is 7. The second-order valence-electron chi connectivity index (χ2n) is 8.24. The van der Waals surface area contributed by atoms with E-state index in [0.29, 0.717) is 33.2 Å². The summed E-state index contributed by atoms with van der Waals surface area (Å²) in [7, 11) is 0. The summed E-state index contributed by atoms with van der Waals surface area (Å²) in [6.45, 7) is 8.24. The van der Waals surface area contributed by atoms with Gasteiger partial charge in [0.2, 0.25) is 5.91 Å². The number of aromatic nitrogens is 4. The van der Waals surface area contributed by atoms with Crippen molar-refractivity contribution in [1.82, 2.24) is 25.1 Å². The number of carbonyl (C=O) groups is 2. The van der Waals surface area contributed by atoms with E-state index in [2.05, 4.69) is 32.4 Å². The van der Waals surface area contributed by atoms with Gasteiger partial charge in [0.15, 0.2) is 16.1 Å². The number of anilines is 1. The molecule has 2 amide bonds. The molecule has 11 heteroatoms. The van der Waals surface area contributed by atoms with E-state index in [4.69, 9.17) is 11.6 Å². The van der Waals surface area contributed by atoms with Crippen LogP contribution >= 0.6 is 34.7 Å². The average molecular weight is 541 g/mol. The van der Waals surface area contributed by atoms with E-state index in [1.807, 2.05) is 42.7 Å². The SMILES string of the molecule is C=CCn1c(SCC(=O)Nc2nc3ccccc3s2)nnc1C(NC(=O)c1ccccc1Cl)C(C)C. The van der Waals surface area contributed by atoms with Gasteiger partial charge in [0.05, 0.1) is 32.6 Å². The van der Waals surface area contributed by atoms with Crippen molar-refractivity contribution in [3.05, 3.63) is 77.6 Å². The highest BCUT2D eigenvalue weighted by atomic mass is 35.5. The molecule has 0 aliphatic heterocycles. The molecule has 36 heavy (non-hydrogen) atoms. The highest BCUT2D eigenvalue weighted by Crippen LogP contribution is 2.28. The number of thioether (sulfide) groups is 1. The molecule has 0 saturated carbocycles. The number of nitrogens with zero attached hydrogens (tertiary/aromatic N) is 4. The Labute approximate surface area is 222 Å². The van der Waals surface area contributed by atoms with Gasteiger partial charge in [-0.2, -0.15) is 0 Å². The van der Waals surface area contributed by atoms with Crippen LogP contribution in [0.1, 0.15) is 36.1 Å². The largest absolute Gasteiger partial charge is 0.342 e. The maximum atomic E-state index is 12.9. The van der Waals surface area contributed by atoms with Crippen molar-refractivity contribution in [1.29, 1.82) is 0 Å². The summed E-state index contributed by atoms with van der Waals surface area (Å²) < 4.78 is 2.87. The van der Waals surface area contributed by atoms with Crippen LogP contribution < -0.4 is 10.6 Å². The maximum absolute atomic E-state index is 12.9. The molecule has 0 bridgehead atoms. The van der Waals surface area contributed by atoms with Crippen LogP contribution in [0.4, 0.5) is 5.13 Å². The highest BCUT2D eigenvalue weighted by Gasteiger charge is 2.27. The molecule has 186 valence electrons. The summed E-state index contributed by atoms with van der Waals surface area (Å²) in [5.74, 6) is 0.241. The minimum Gasteiger partial charge on any atom is -0.342 e. The minimum atomic E-state index is -0.424. The number of rotatable bonds is 10. The number of carbonyl (C=O) groups excluding carboxylic acids is 2. The molecule has 2 N–H and O–H groups in total. The first-order valence-corrected chi connectivity index (χ1v) is 13.4. The Bertz CT molecular complexity index is 1370. The number of amides is 2. The van der Waals surface area contributed by atoms with E-state index in [-0.39, 0.29) is 23.5 Å². The van der Waals surface area contributed by atoms with E-state index in [0.717, 1.165) is 10.2 Å². The molecular weight excluding hydrogens is 516 g/mol. The molecule has 4 rings (SSSR count). The van der Waals surface area contributed by atoms with E-state index in [9.17, 15) is 9.59 Å². The number of thiazole rings is 1. The number of fused-ring (bicyclic) bond motifs is 1. The van der Waals surface area contributed by atoms with Crippen molar-refractivity contribution < 1.29 is 9.59 Å². The van der Waals surface area contributed by atoms with Gasteiger partial charge in [-0.15, -0.1) is 16.8 Å². The van der Waals surface area contributed by atoms with Crippen LogP contribution in [-0.4, -0.2) is 37.3 Å². The Balaban J connectivity index is 1.48. The second kappa shape index (κ2) is 11.7. The van der Waals surface area contributed by atoms with Crippen molar-refractivity contribution in [2.24, 2.45) is 5.92 Å². The van der Waals surface area contributed by atoms with Crippen LogP contribution in [0, 0.1) is 5.92 Å². The highest BCUT2D eigenvalue weighted by molar-refractivity contribution is 7.99. The van der Waals surface area contributed by atoms with Crippen molar-refractivity contribution in [3.8, 4) is 0 Å². The predicted molar refractivity (Wildman–Crippen MR) is 146 cm³/mol. The smallest absolute Gasteiger partial charge is 0.253 e. The Morgan fingerprint density at radius 1 is 1.17 bits per heavy atom. The summed E-state index contributed by atoms with van der Waals surface area (Å²) in [5, 5.41) is 16.1. The van der Waals surface area contributed by atoms with Crippen LogP contribution in [0.25, 0.3) is 10.2 Å².